The molecule has 0 saturated carbocycles. The lowest BCUT2D eigenvalue weighted by atomic mass is 10.2. The summed E-state index contributed by atoms with van der Waals surface area (Å²) >= 11 is 0. The van der Waals surface area contributed by atoms with Gasteiger partial charge in [-0.15, -0.1) is 0 Å². The predicted octanol–water partition coefficient (Wildman–Crippen LogP) is 2.15. The fourth-order valence-corrected chi connectivity index (χ4v) is 2.75. The molecule has 2 heterocycles. The molecule has 8 nitrogen and oxygen atoms in total. The fraction of sp³-hybridized carbons (Fsp3) is 0.263. The van der Waals surface area contributed by atoms with Gasteiger partial charge in [-0.3, -0.25) is 0 Å². The SMILES string of the molecule is O=C(O)c1ccc2c(c1)OCC(COC(=O)c1ccc3c(c1)OCCO3)O2. The third kappa shape index (κ3) is 3.59. The van der Waals surface area contributed by atoms with Crippen LogP contribution in [0.3, 0.4) is 0 Å². The average Bonchev–Trinajstić information content (AvgIpc) is 2.71. The molecule has 4 rings (SSSR count). The van der Waals surface area contributed by atoms with Crippen molar-refractivity contribution in [1.29, 1.82) is 0 Å². The van der Waals surface area contributed by atoms with Gasteiger partial charge in [0, 0.05) is 0 Å². The summed E-state index contributed by atoms with van der Waals surface area (Å²) in [7, 11) is 0. The number of ether oxygens (including phenoxy) is 5. The standard InChI is InChI=1S/C19H16O8/c20-18(21)11-1-4-15-17(7-11)25-9-13(27-15)10-26-19(22)12-2-3-14-16(8-12)24-6-5-23-14/h1-4,7-8,13H,5-6,9-10H2,(H,20,21). The lowest BCUT2D eigenvalue weighted by molar-refractivity contribution is 0.0108. The van der Waals surface area contributed by atoms with E-state index < -0.39 is 18.0 Å². The van der Waals surface area contributed by atoms with Crippen molar-refractivity contribution in [2.45, 2.75) is 6.10 Å². The lowest BCUT2D eigenvalue weighted by Gasteiger charge is -2.26. The molecule has 0 radical (unpaired) electrons. The summed E-state index contributed by atoms with van der Waals surface area (Å²) in [4.78, 5) is 23.2. The van der Waals surface area contributed by atoms with Gasteiger partial charge in [-0.2, -0.15) is 0 Å². The van der Waals surface area contributed by atoms with E-state index in [1.807, 2.05) is 0 Å². The molecule has 2 aliphatic heterocycles. The van der Waals surface area contributed by atoms with E-state index in [1.165, 1.54) is 18.2 Å². The van der Waals surface area contributed by atoms with Crippen molar-refractivity contribution in [1.82, 2.24) is 0 Å². The minimum atomic E-state index is -1.04. The van der Waals surface area contributed by atoms with Gasteiger partial charge >= 0.3 is 11.9 Å². The van der Waals surface area contributed by atoms with Crippen molar-refractivity contribution < 1.29 is 38.4 Å². The fourth-order valence-electron chi connectivity index (χ4n) is 2.75. The van der Waals surface area contributed by atoms with Gasteiger partial charge in [-0.05, 0) is 36.4 Å². The molecule has 1 N–H and O–H groups in total. The number of rotatable bonds is 4. The number of carbonyl (C=O) groups excluding carboxylic acids is 1. The summed E-state index contributed by atoms with van der Waals surface area (Å²) in [5.74, 6) is 0.311. The van der Waals surface area contributed by atoms with E-state index in [0.717, 1.165) is 0 Å². The number of esters is 1. The Labute approximate surface area is 154 Å². The van der Waals surface area contributed by atoms with E-state index in [-0.39, 0.29) is 18.8 Å². The average molecular weight is 372 g/mol. The number of hydrogen-bond donors (Lipinski definition) is 1. The normalized spacial score (nSPS) is 17.1. The monoisotopic (exact) mass is 372 g/mol. The molecule has 8 heteroatoms. The van der Waals surface area contributed by atoms with Crippen molar-refractivity contribution in [2.24, 2.45) is 0 Å². The quantitative estimate of drug-likeness (QED) is 0.815. The van der Waals surface area contributed by atoms with Gasteiger partial charge in [0.2, 0.25) is 0 Å². The Morgan fingerprint density at radius 1 is 0.926 bits per heavy atom. The van der Waals surface area contributed by atoms with E-state index in [4.69, 9.17) is 28.8 Å². The molecule has 27 heavy (non-hydrogen) atoms. The van der Waals surface area contributed by atoms with Crippen molar-refractivity contribution in [3.05, 3.63) is 47.5 Å². The molecule has 0 fully saturated rings. The molecule has 0 aromatic heterocycles. The number of fused-ring (bicyclic) bond motifs is 2. The summed E-state index contributed by atoms with van der Waals surface area (Å²) < 4.78 is 27.4. The summed E-state index contributed by atoms with van der Waals surface area (Å²) in [6, 6.07) is 9.20. The first-order chi connectivity index (χ1) is 13.1. The summed E-state index contributed by atoms with van der Waals surface area (Å²) in [5.41, 5.74) is 0.461. The number of carboxylic acid groups (broad SMARTS) is 1. The zero-order chi connectivity index (χ0) is 18.8. The number of carboxylic acids is 1. The summed E-state index contributed by atoms with van der Waals surface area (Å²) in [6.45, 7) is 1.05. The largest absolute Gasteiger partial charge is 0.486 e. The molecule has 0 spiro atoms. The van der Waals surface area contributed by atoms with Crippen LogP contribution in [0.4, 0.5) is 0 Å². The van der Waals surface area contributed by atoms with Gasteiger partial charge in [0.25, 0.3) is 0 Å². The molecular weight excluding hydrogens is 356 g/mol. The number of aromatic carboxylic acids is 1. The summed E-state index contributed by atoms with van der Waals surface area (Å²) in [5, 5.41) is 9.00. The van der Waals surface area contributed by atoms with Crippen LogP contribution in [0.2, 0.25) is 0 Å². The Balaban J connectivity index is 1.36. The molecule has 1 atom stereocenters. The Morgan fingerprint density at radius 2 is 1.59 bits per heavy atom. The van der Waals surface area contributed by atoms with Crippen LogP contribution in [-0.4, -0.2) is 49.6 Å². The van der Waals surface area contributed by atoms with E-state index in [2.05, 4.69) is 0 Å². The van der Waals surface area contributed by atoms with E-state index >= 15 is 0 Å². The van der Waals surface area contributed by atoms with Crippen LogP contribution in [0.5, 0.6) is 23.0 Å². The number of hydrogen-bond acceptors (Lipinski definition) is 7. The van der Waals surface area contributed by atoms with Crippen LogP contribution in [-0.2, 0) is 4.74 Å². The highest BCUT2D eigenvalue weighted by Gasteiger charge is 2.24. The first-order valence-corrected chi connectivity index (χ1v) is 8.34. The van der Waals surface area contributed by atoms with E-state index in [0.29, 0.717) is 41.8 Å². The Hall–Kier alpha value is -3.42. The first kappa shape index (κ1) is 17.0. The molecule has 0 bridgehead atoms. The molecule has 2 aliphatic rings. The van der Waals surface area contributed by atoms with Crippen LogP contribution in [0.1, 0.15) is 20.7 Å². The third-order valence-corrected chi connectivity index (χ3v) is 4.09. The van der Waals surface area contributed by atoms with Gasteiger partial charge in [-0.1, -0.05) is 0 Å². The molecule has 0 aliphatic carbocycles. The highest BCUT2D eigenvalue weighted by Crippen LogP contribution is 2.33. The minimum absolute atomic E-state index is 0.00655. The predicted molar refractivity (Wildman–Crippen MR) is 91.0 cm³/mol. The van der Waals surface area contributed by atoms with Gasteiger partial charge < -0.3 is 28.8 Å². The zero-order valence-corrected chi connectivity index (χ0v) is 14.2. The van der Waals surface area contributed by atoms with Gasteiger partial charge in [0.1, 0.15) is 26.4 Å². The van der Waals surface area contributed by atoms with Crippen LogP contribution in [0.25, 0.3) is 0 Å². The van der Waals surface area contributed by atoms with Crippen LogP contribution in [0.15, 0.2) is 36.4 Å². The molecule has 1 unspecified atom stereocenters. The molecule has 140 valence electrons. The molecular formula is C19H16O8. The lowest BCUT2D eigenvalue weighted by Crippen LogP contribution is -2.34. The van der Waals surface area contributed by atoms with Crippen molar-refractivity contribution in [2.75, 3.05) is 26.4 Å². The maximum Gasteiger partial charge on any atom is 0.338 e. The second-order valence-corrected chi connectivity index (χ2v) is 5.97. The highest BCUT2D eigenvalue weighted by atomic mass is 16.6. The smallest absolute Gasteiger partial charge is 0.338 e. The third-order valence-electron chi connectivity index (χ3n) is 4.09. The van der Waals surface area contributed by atoms with Crippen molar-refractivity contribution in [3.63, 3.8) is 0 Å². The van der Waals surface area contributed by atoms with Crippen LogP contribution in [0, 0.1) is 0 Å². The Morgan fingerprint density at radius 3 is 2.41 bits per heavy atom. The minimum Gasteiger partial charge on any atom is -0.486 e. The maximum absolute atomic E-state index is 12.3. The Kier molecular flexibility index (Phi) is 4.45. The van der Waals surface area contributed by atoms with E-state index in [9.17, 15) is 9.59 Å². The van der Waals surface area contributed by atoms with Gasteiger partial charge in [0.15, 0.2) is 29.1 Å². The molecule has 0 saturated heterocycles. The first-order valence-electron chi connectivity index (χ1n) is 8.34. The topological polar surface area (TPSA) is 101 Å². The number of carbonyl (C=O) groups is 2. The highest BCUT2D eigenvalue weighted by molar-refractivity contribution is 5.90. The zero-order valence-electron chi connectivity index (χ0n) is 14.2. The summed E-state index contributed by atoms with van der Waals surface area (Å²) in [6.07, 6.45) is -0.491. The van der Waals surface area contributed by atoms with Gasteiger partial charge in [0.05, 0.1) is 11.1 Å². The maximum atomic E-state index is 12.3. The second-order valence-electron chi connectivity index (χ2n) is 5.97. The second kappa shape index (κ2) is 7.06. The van der Waals surface area contributed by atoms with Gasteiger partial charge in [-0.25, -0.2) is 9.59 Å². The molecule has 2 aromatic carbocycles. The number of benzene rings is 2. The van der Waals surface area contributed by atoms with Crippen molar-refractivity contribution >= 4 is 11.9 Å². The van der Waals surface area contributed by atoms with Crippen LogP contribution >= 0.6 is 0 Å². The van der Waals surface area contributed by atoms with Crippen molar-refractivity contribution in [3.8, 4) is 23.0 Å². The van der Waals surface area contributed by atoms with Crippen LogP contribution < -0.4 is 18.9 Å². The van der Waals surface area contributed by atoms with E-state index in [1.54, 1.807) is 18.2 Å². The Bertz CT molecular complexity index is 891. The molecule has 0 amide bonds. The molecule has 2 aromatic rings.